The van der Waals surface area contributed by atoms with Crippen LogP contribution >= 0.6 is 22.6 Å². The Hall–Kier alpha value is -0.790. The maximum absolute atomic E-state index is 12.5. The third-order valence-corrected chi connectivity index (χ3v) is 2.63. The van der Waals surface area contributed by atoms with E-state index in [2.05, 4.69) is 10.2 Å². The summed E-state index contributed by atoms with van der Waals surface area (Å²) in [6.07, 6.45) is -4.33. The van der Waals surface area contributed by atoms with Crippen molar-refractivity contribution < 1.29 is 13.2 Å². The molecule has 74 valence electrons. The molecule has 2 nitrogen and oxygen atoms in total. The first kappa shape index (κ1) is 9.75. The Morgan fingerprint density at radius 2 is 2.00 bits per heavy atom. The Morgan fingerprint density at radius 1 is 1.29 bits per heavy atom. The zero-order valence-corrected chi connectivity index (χ0v) is 8.85. The molecule has 0 radical (unpaired) electrons. The number of rotatable bonds is 0. The van der Waals surface area contributed by atoms with Crippen LogP contribution < -0.4 is 0 Å². The smallest absolute Gasteiger partial charge is 0.277 e. The molecule has 0 saturated carbocycles. The summed E-state index contributed by atoms with van der Waals surface area (Å²) in [4.78, 5) is 0. The molecule has 0 amide bonds. The van der Waals surface area contributed by atoms with Crippen molar-refractivity contribution in [2.75, 3.05) is 0 Å². The van der Waals surface area contributed by atoms with E-state index in [4.69, 9.17) is 0 Å². The summed E-state index contributed by atoms with van der Waals surface area (Å²) in [7, 11) is 0. The fourth-order valence-corrected chi connectivity index (χ4v) is 1.97. The third-order valence-electron chi connectivity index (χ3n) is 1.85. The Bertz CT molecular complexity index is 475. The van der Waals surface area contributed by atoms with Crippen molar-refractivity contribution in [3.05, 3.63) is 27.5 Å². The highest BCUT2D eigenvalue weighted by atomic mass is 127. The van der Waals surface area contributed by atoms with E-state index in [9.17, 15) is 13.2 Å². The van der Waals surface area contributed by atoms with Gasteiger partial charge in [-0.1, -0.05) is 6.07 Å². The van der Waals surface area contributed by atoms with Crippen LogP contribution in [0, 0.1) is 3.70 Å². The summed E-state index contributed by atoms with van der Waals surface area (Å²) >= 11 is 1.78. The lowest BCUT2D eigenvalue weighted by molar-refractivity contribution is -0.136. The van der Waals surface area contributed by atoms with E-state index in [0.717, 1.165) is 6.07 Å². The van der Waals surface area contributed by atoms with Crippen LogP contribution in [0.4, 0.5) is 13.2 Å². The van der Waals surface area contributed by atoms with Crippen molar-refractivity contribution in [1.29, 1.82) is 0 Å². The molecule has 2 aromatic rings. The van der Waals surface area contributed by atoms with Gasteiger partial charge in [0.15, 0.2) is 0 Å². The highest BCUT2D eigenvalue weighted by Crippen LogP contribution is 2.35. The van der Waals surface area contributed by atoms with E-state index in [0.29, 0.717) is 9.22 Å². The Kier molecular flexibility index (Phi) is 2.17. The Balaban J connectivity index is 2.82. The highest BCUT2D eigenvalue weighted by Gasteiger charge is 2.33. The van der Waals surface area contributed by atoms with Crippen LogP contribution in [0.1, 0.15) is 5.56 Å². The second-order valence-corrected chi connectivity index (χ2v) is 3.76. The minimum atomic E-state index is -4.33. The molecule has 0 aliphatic rings. The van der Waals surface area contributed by atoms with Crippen LogP contribution in [0.5, 0.6) is 0 Å². The SMILES string of the molecule is FC(F)(F)c1cccc2[nH]nc(I)c12. The van der Waals surface area contributed by atoms with Crippen molar-refractivity contribution in [3.8, 4) is 0 Å². The molecule has 0 unspecified atom stereocenters. The van der Waals surface area contributed by atoms with Crippen molar-refractivity contribution in [3.63, 3.8) is 0 Å². The Morgan fingerprint density at radius 3 is 2.64 bits per heavy atom. The van der Waals surface area contributed by atoms with Crippen molar-refractivity contribution in [2.45, 2.75) is 6.18 Å². The maximum atomic E-state index is 12.5. The first-order valence-corrected chi connectivity index (χ1v) is 4.78. The van der Waals surface area contributed by atoms with Crippen LogP contribution in [0.15, 0.2) is 18.2 Å². The van der Waals surface area contributed by atoms with Gasteiger partial charge in [0.1, 0.15) is 3.70 Å². The molecule has 1 N–H and O–H groups in total. The number of halogens is 4. The van der Waals surface area contributed by atoms with Gasteiger partial charge in [-0.05, 0) is 34.7 Å². The van der Waals surface area contributed by atoms with Crippen molar-refractivity contribution in [1.82, 2.24) is 10.2 Å². The first-order valence-electron chi connectivity index (χ1n) is 3.70. The molecule has 0 saturated heterocycles. The van der Waals surface area contributed by atoms with Gasteiger partial charge in [-0.25, -0.2) is 0 Å². The predicted molar refractivity (Wildman–Crippen MR) is 53.8 cm³/mol. The van der Waals surface area contributed by atoms with E-state index in [1.165, 1.54) is 6.07 Å². The number of aromatic amines is 1. The summed E-state index contributed by atoms with van der Waals surface area (Å²) in [5, 5.41) is 6.41. The zero-order valence-electron chi connectivity index (χ0n) is 6.69. The van der Waals surface area contributed by atoms with E-state index in [-0.39, 0.29) is 5.39 Å². The number of hydrogen-bond donors (Lipinski definition) is 1. The molecule has 0 atom stereocenters. The summed E-state index contributed by atoms with van der Waals surface area (Å²) < 4.78 is 37.9. The highest BCUT2D eigenvalue weighted by molar-refractivity contribution is 14.1. The molecule has 0 fully saturated rings. The lowest BCUT2D eigenvalue weighted by Gasteiger charge is -2.07. The Labute approximate surface area is 90.6 Å². The van der Waals surface area contributed by atoms with Gasteiger partial charge in [0.2, 0.25) is 0 Å². The molecule has 2 rings (SSSR count). The van der Waals surface area contributed by atoms with Crippen LogP contribution in [0.25, 0.3) is 10.9 Å². The number of alkyl halides is 3. The van der Waals surface area contributed by atoms with Crippen LogP contribution in [0.2, 0.25) is 0 Å². The lowest BCUT2D eigenvalue weighted by atomic mass is 10.1. The van der Waals surface area contributed by atoms with Gasteiger partial charge in [0.25, 0.3) is 0 Å². The topological polar surface area (TPSA) is 28.7 Å². The molecule has 0 aliphatic carbocycles. The number of hydrogen-bond acceptors (Lipinski definition) is 1. The fourth-order valence-electron chi connectivity index (χ4n) is 1.27. The lowest BCUT2D eigenvalue weighted by Crippen LogP contribution is -2.05. The van der Waals surface area contributed by atoms with Gasteiger partial charge < -0.3 is 0 Å². The molecular formula is C8H4F3IN2. The second-order valence-electron chi connectivity index (χ2n) is 2.74. The van der Waals surface area contributed by atoms with E-state index >= 15 is 0 Å². The monoisotopic (exact) mass is 312 g/mol. The summed E-state index contributed by atoms with van der Waals surface area (Å²) in [5.41, 5.74) is -0.239. The van der Waals surface area contributed by atoms with Crippen molar-refractivity contribution in [2.24, 2.45) is 0 Å². The largest absolute Gasteiger partial charge is 0.417 e. The van der Waals surface area contributed by atoms with Gasteiger partial charge in [0, 0.05) is 5.39 Å². The number of benzene rings is 1. The third kappa shape index (κ3) is 1.47. The maximum Gasteiger partial charge on any atom is 0.417 e. The fraction of sp³-hybridized carbons (Fsp3) is 0.125. The summed E-state index contributed by atoms with van der Waals surface area (Å²) in [5.74, 6) is 0. The average molecular weight is 312 g/mol. The quantitative estimate of drug-likeness (QED) is 0.744. The molecular weight excluding hydrogens is 308 g/mol. The summed E-state index contributed by atoms with van der Waals surface area (Å²) in [6, 6.07) is 3.99. The number of H-pyrrole nitrogens is 1. The van der Waals surface area contributed by atoms with Gasteiger partial charge in [-0.15, -0.1) is 0 Å². The molecule has 1 aromatic heterocycles. The molecule has 6 heteroatoms. The summed E-state index contributed by atoms with van der Waals surface area (Å²) in [6.45, 7) is 0. The molecule has 0 bridgehead atoms. The standard InChI is InChI=1S/C8H4F3IN2/c9-8(10,11)4-2-1-3-5-6(4)7(12)14-13-5/h1-3H,(H,13,14). The second kappa shape index (κ2) is 3.11. The molecule has 1 aromatic carbocycles. The van der Waals surface area contributed by atoms with E-state index in [1.807, 2.05) is 0 Å². The van der Waals surface area contributed by atoms with E-state index < -0.39 is 11.7 Å². The molecule has 1 heterocycles. The minimum absolute atomic E-state index is 0.139. The van der Waals surface area contributed by atoms with Gasteiger partial charge in [-0.2, -0.15) is 18.3 Å². The van der Waals surface area contributed by atoms with Crippen LogP contribution in [0.3, 0.4) is 0 Å². The van der Waals surface area contributed by atoms with E-state index in [1.54, 1.807) is 28.7 Å². The number of nitrogens with zero attached hydrogens (tertiary/aromatic N) is 1. The number of aromatic nitrogens is 2. The first-order chi connectivity index (χ1) is 6.50. The van der Waals surface area contributed by atoms with Crippen molar-refractivity contribution >= 4 is 33.5 Å². The van der Waals surface area contributed by atoms with Crippen LogP contribution in [-0.4, -0.2) is 10.2 Å². The average Bonchev–Trinajstić information content (AvgIpc) is 2.46. The predicted octanol–water partition coefficient (Wildman–Crippen LogP) is 3.19. The molecule has 14 heavy (non-hydrogen) atoms. The molecule has 0 spiro atoms. The molecule has 0 aliphatic heterocycles. The van der Waals surface area contributed by atoms with Gasteiger partial charge in [-0.3, -0.25) is 5.10 Å². The van der Waals surface area contributed by atoms with Gasteiger partial charge in [0.05, 0.1) is 11.1 Å². The number of nitrogens with one attached hydrogen (secondary N) is 1. The normalized spacial score (nSPS) is 12.3. The van der Waals surface area contributed by atoms with Crippen LogP contribution in [-0.2, 0) is 6.18 Å². The zero-order chi connectivity index (χ0) is 10.3. The minimum Gasteiger partial charge on any atom is -0.277 e. The number of fused-ring (bicyclic) bond motifs is 1. The van der Waals surface area contributed by atoms with Gasteiger partial charge >= 0.3 is 6.18 Å².